The Bertz CT molecular complexity index is 676. The molecule has 0 radical (unpaired) electrons. The first-order chi connectivity index (χ1) is 10.2. The lowest BCUT2D eigenvalue weighted by Gasteiger charge is -2.15. The Kier molecular flexibility index (Phi) is 3.86. The largest absolute Gasteiger partial charge is 0.350 e. The molecule has 0 bridgehead atoms. The van der Waals surface area contributed by atoms with Gasteiger partial charge in [-0.3, -0.25) is 9.59 Å². The van der Waals surface area contributed by atoms with E-state index >= 15 is 0 Å². The maximum atomic E-state index is 11.9. The predicted molar refractivity (Wildman–Crippen MR) is 81.6 cm³/mol. The lowest BCUT2D eigenvalue weighted by Crippen LogP contribution is -2.37. The van der Waals surface area contributed by atoms with Gasteiger partial charge in [-0.05, 0) is 22.8 Å². The van der Waals surface area contributed by atoms with Crippen LogP contribution in [-0.4, -0.2) is 29.8 Å². The van der Waals surface area contributed by atoms with Crippen LogP contribution in [0.1, 0.15) is 18.4 Å². The van der Waals surface area contributed by atoms with Crippen LogP contribution in [0.2, 0.25) is 0 Å². The van der Waals surface area contributed by atoms with Gasteiger partial charge >= 0.3 is 0 Å². The highest BCUT2D eigenvalue weighted by Gasteiger charge is 2.22. The fourth-order valence-corrected chi connectivity index (χ4v) is 2.74. The van der Waals surface area contributed by atoms with Crippen molar-refractivity contribution in [2.45, 2.75) is 19.4 Å². The van der Waals surface area contributed by atoms with Crippen molar-refractivity contribution in [1.29, 1.82) is 0 Å². The Labute approximate surface area is 123 Å². The maximum Gasteiger partial charge on any atom is 0.239 e. The third-order valence-corrected chi connectivity index (χ3v) is 3.86. The zero-order valence-corrected chi connectivity index (χ0v) is 11.8. The minimum Gasteiger partial charge on any atom is -0.350 e. The van der Waals surface area contributed by atoms with Gasteiger partial charge in [-0.15, -0.1) is 0 Å². The van der Waals surface area contributed by atoms with E-state index < -0.39 is 0 Å². The van der Waals surface area contributed by atoms with Gasteiger partial charge in [0.25, 0.3) is 0 Å². The third-order valence-electron chi connectivity index (χ3n) is 3.86. The minimum atomic E-state index is -0.0989. The molecule has 4 heteroatoms. The standard InChI is InChI=1S/C17H18N2O2/c20-16(12-19-10-4-9-17(19)21)18-11-14-7-3-6-13-5-1-2-8-15(13)14/h1-3,5-8H,4,9-12H2,(H,18,20). The number of carbonyl (C=O) groups excluding carboxylic acids is 2. The number of rotatable bonds is 4. The molecule has 0 atom stereocenters. The van der Waals surface area contributed by atoms with Crippen LogP contribution >= 0.6 is 0 Å². The number of hydrogen-bond acceptors (Lipinski definition) is 2. The van der Waals surface area contributed by atoms with Crippen LogP contribution in [0.25, 0.3) is 10.8 Å². The molecule has 0 unspecified atom stereocenters. The smallest absolute Gasteiger partial charge is 0.239 e. The highest BCUT2D eigenvalue weighted by Crippen LogP contribution is 2.18. The number of likely N-dealkylation sites (tertiary alicyclic amines) is 1. The van der Waals surface area contributed by atoms with E-state index in [1.165, 1.54) is 5.39 Å². The lowest BCUT2D eigenvalue weighted by molar-refractivity contribution is -0.133. The number of hydrogen-bond donors (Lipinski definition) is 1. The van der Waals surface area contributed by atoms with E-state index in [4.69, 9.17) is 0 Å². The summed E-state index contributed by atoms with van der Waals surface area (Å²) in [6, 6.07) is 14.2. The van der Waals surface area contributed by atoms with E-state index in [-0.39, 0.29) is 18.4 Å². The van der Waals surface area contributed by atoms with Crippen LogP contribution in [0.3, 0.4) is 0 Å². The molecule has 3 rings (SSSR count). The Morgan fingerprint density at radius 1 is 1.14 bits per heavy atom. The van der Waals surface area contributed by atoms with Gasteiger partial charge in [0.1, 0.15) is 0 Å². The van der Waals surface area contributed by atoms with Gasteiger partial charge in [-0.1, -0.05) is 42.5 Å². The molecular formula is C17H18N2O2. The normalized spacial score (nSPS) is 14.7. The average molecular weight is 282 g/mol. The van der Waals surface area contributed by atoms with Gasteiger partial charge in [-0.2, -0.15) is 0 Å². The monoisotopic (exact) mass is 282 g/mol. The van der Waals surface area contributed by atoms with E-state index in [0.29, 0.717) is 19.5 Å². The lowest BCUT2D eigenvalue weighted by atomic mass is 10.0. The highest BCUT2D eigenvalue weighted by atomic mass is 16.2. The summed E-state index contributed by atoms with van der Waals surface area (Å²) in [5.41, 5.74) is 1.09. The fourth-order valence-electron chi connectivity index (χ4n) is 2.74. The van der Waals surface area contributed by atoms with E-state index in [0.717, 1.165) is 17.4 Å². The highest BCUT2D eigenvalue weighted by molar-refractivity contribution is 5.87. The molecule has 1 N–H and O–H groups in total. The third kappa shape index (κ3) is 3.05. The van der Waals surface area contributed by atoms with Crippen LogP contribution in [0.15, 0.2) is 42.5 Å². The molecule has 0 aliphatic carbocycles. The topological polar surface area (TPSA) is 49.4 Å². The van der Waals surface area contributed by atoms with E-state index in [9.17, 15) is 9.59 Å². The Morgan fingerprint density at radius 3 is 2.76 bits per heavy atom. The van der Waals surface area contributed by atoms with Crippen LogP contribution in [-0.2, 0) is 16.1 Å². The first-order valence-corrected chi connectivity index (χ1v) is 7.25. The summed E-state index contributed by atoms with van der Waals surface area (Å²) >= 11 is 0. The minimum absolute atomic E-state index is 0.0790. The number of fused-ring (bicyclic) bond motifs is 1. The van der Waals surface area contributed by atoms with Crippen LogP contribution in [0, 0.1) is 0 Å². The molecule has 0 saturated carbocycles. The molecule has 1 aliphatic rings. The quantitative estimate of drug-likeness (QED) is 0.933. The van der Waals surface area contributed by atoms with Crippen molar-refractivity contribution < 1.29 is 9.59 Å². The molecule has 0 spiro atoms. The summed E-state index contributed by atoms with van der Waals surface area (Å²) in [5, 5.41) is 5.22. The zero-order valence-electron chi connectivity index (χ0n) is 11.8. The van der Waals surface area contributed by atoms with E-state index in [1.54, 1.807) is 4.90 Å². The molecule has 1 heterocycles. The predicted octanol–water partition coefficient (Wildman–Crippen LogP) is 2.08. The molecule has 2 aromatic rings. The fraction of sp³-hybridized carbons (Fsp3) is 0.294. The van der Waals surface area contributed by atoms with Crippen molar-refractivity contribution in [2.75, 3.05) is 13.1 Å². The maximum absolute atomic E-state index is 11.9. The van der Waals surface area contributed by atoms with Crippen molar-refractivity contribution in [1.82, 2.24) is 10.2 Å². The number of carbonyl (C=O) groups is 2. The first kappa shape index (κ1) is 13.6. The van der Waals surface area contributed by atoms with Gasteiger partial charge in [0.2, 0.25) is 11.8 Å². The van der Waals surface area contributed by atoms with Gasteiger partial charge in [-0.25, -0.2) is 0 Å². The van der Waals surface area contributed by atoms with Crippen molar-refractivity contribution in [3.05, 3.63) is 48.0 Å². The molecule has 21 heavy (non-hydrogen) atoms. The van der Waals surface area contributed by atoms with Crippen LogP contribution < -0.4 is 5.32 Å². The van der Waals surface area contributed by atoms with Crippen molar-refractivity contribution in [3.8, 4) is 0 Å². The zero-order chi connectivity index (χ0) is 14.7. The van der Waals surface area contributed by atoms with E-state index in [1.807, 2.05) is 24.3 Å². The summed E-state index contributed by atoms with van der Waals surface area (Å²) in [6.07, 6.45) is 1.42. The summed E-state index contributed by atoms with van der Waals surface area (Å²) < 4.78 is 0. The molecule has 2 amide bonds. The van der Waals surface area contributed by atoms with Gasteiger partial charge in [0, 0.05) is 19.5 Å². The second-order valence-corrected chi connectivity index (χ2v) is 5.33. The second-order valence-electron chi connectivity index (χ2n) is 5.33. The Balaban J connectivity index is 1.63. The summed E-state index contributed by atoms with van der Waals surface area (Å²) in [4.78, 5) is 25.1. The molecule has 2 aromatic carbocycles. The second kappa shape index (κ2) is 5.95. The summed E-state index contributed by atoms with van der Waals surface area (Å²) in [6.45, 7) is 1.35. The SMILES string of the molecule is O=C(CN1CCCC1=O)NCc1cccc2ccccc12. The van der Waals surface area contributed by atoms with Gasteiger partial charge < -0.3 is 10.2 Å². The summed E-state index contributed by atoms with van der Waals surface area (Å²) in [7, 11) is 0. The number of nitrogens with one attached hydrogen (secondary N) is 1. The van der Waals surface area contributed by atoms with Gasteiger partial charge in [0.05, 0.1) is 6.54 Å². The van der Waals surface area contributed by atoms with Crippen molar-refractivity contribution >= 4 is 22.6 Å². The molecule has 4 nitrogen and oxygen atoms in total. The number of amides is 2. The Hall–Kier alpha value is -2.36. The molecule has 1 fully saturated rings. The molecular weight excluding hydrogens is 264 g/mol. The van der Waals surface area contributed by atoms with Crippen LogP contribution in [0.5, 0.6) is 0 Å². The number of benzene rings is 2. The first-order valence-electron chi connectivity index (χ1n) is 7.25. The molecule has 108 valence electrons. The van der Waals surface area contributed by atoms with Crippen molar-refractivity contribution in [2.24, 2.45) is 0 Å². The Morgan fingerprint density at radius 2 is 1.95 bits per heavy atom. The van der Waals surface area contributed by atoms with Crippen molar-refractivity contribution in [3.63, 3.8) is 0 Å². The van der Waals surface area contributed by atoms with Gasteiger partial charge in [0.15, 0.2) is 0 Å². The number of nitrogens with zero attached hydrogens (tertiary/aromatic N) is 1. The summed E-state index contributed by atoms with van der Waals surface area (Å²) in [5.74, 6) is -0.0199. The van der Waals surface area contributed by atoms with Crippen LogP contribution in [0.4, 0.5) is 0 Å². The molecule has 1 saturated heterocycles. The average Bonchev–Trinajstić information content (AvgIpc) is 2.90. The molecule has 0 aromatic heterocycles. The van der Waals surface area contributed by atoms with E-state index in [2.05, 4.69) is 23.5 Å². The molecule has 1 aliphatic heterocycles.